The highest BCUT2D eigenvalue weighted by Gasteiger charge is 2.59. The summed E-state index contributed by atoms with van der Waals surface area (Å²) in [6.45, 7) is 6.64. The highest BCUT2D eigenvalue weighted by atomic mass is 32.2. The van der Waals surface area contributed by atoms with Gasteiger partial charge in [-0.25, -0.2) is 17.2 Å². The quantitative estimate of drug-likeness (QED) is 0.234. The molecule has 0 bridgehead atoms. The number of hydrogen-bond donors (Lipinski definition) is 0. The van der Waals surface area contributed by atoms with Crippen LogP contribution in [-0.4, -0.2) is 32.6 Å². The first-order chi connectivity index (χ1) is 19.5. The Balaban J connectivity index is 1.58. The molecule has 0 aromatic heterocycles. The molecule has 0 radical (unpaired) electrons. The van der Waals surface area contributed by atoms with Crippen LogP contribution < -0.4 is 9.04 Å². The van der Waals surface area contributed by atoms with Crippen LogP contribution in [0.1, 0.15) is 33.3 Å². The summed E-state index contributed by atoms with van der Waals surface area (Å²) in [7, 11) is -4.63. The molecule has 224 valence electrons. The van der Waals surface area contributed by atoms with Gasteiger partial charge in [-0.1, -0.05) is 19.1 Å². The van der Waals surface area contributed by atoms with Gasteiger partial charge in [0.2, 0.25) is 0 Å². The number of carbonyl (C=O) groups excluding carboxylic acids is 1. The van der Waals surface area contributed by atoms with E-state index in [1.54, 1.807) is 27.7 Å². The molecule has 1 heterocycles. The average molecular weight is 610 g/mol. The van der Waals surface area contributed by atoms with Crippen molar-refractivity contribution in [2.45, 2.75) is 50.5 Å². The molecule has 0 spiro atoms. The predicted octanol–water partition coefficient (Wildman–Crippen LogP) is 6.83. The minimum Gasteiger partial charge on any atom is -0.486 e. The number of halogens is 5. The second-order valence-electron chi connectivity index (χ2n) is 11.5. The van der Waals surface area contributed by atoms with Gasteiger partial charge in [0.15, 0.2) is 0 Å². The number of hydrogen-bond acceptors (Lipinski definition) is 5. The van der Waals surface area contributed by atoms with Crippen molar-refractivity contribution in [3.8, 4) is 16.9 Å². The number of rotatable bonds is 5. The van der Waals surface area contributed by atoms with E-state index in [1.807, 2.05) is 0 Å². The molecular formula is C30H28F5NO5S. The first kappa shape index (κ1) is 29.8. The maximum absolute atomic E-state index is 14.6. The third-order valence-electron chi connectivity index (χ3n) is 7.40. The van der Waals surface area contributed by atoms with Gasteiger partial charge in [-0.3, -0.25) is 9.10 Å². The van der Waals surface area contributed by atoms with Gasteiger partial charge in [0.1, 0.15) is 29.1 Å². The van der Waals surface area contributed by atoms with Crippen LogP contribution in [0.25, 0.3) is 11.1 Å². The van der Waals surface area contributed by atoms with Gasteiger partial charge in [-0.05, 0) is 80.8 Å². The van der Waals surface area contributed by atoms with Crippen molar-refractivity contribution in [2.24, 2.45) is 17.8 Å². The maximum Gasteiger partial charge on any atom is 0.416 e. The number of alkyl halides is 3. The van der Waals surface area contributed by atoms with Gasteiger partial charge in [0.05, 0.1) is 28.6 Å². The second-order valence-corrected chi connectivity index (χ2v) is 13.4. The summed E-state index contributed by atoms with van der Waals surface area (Å²) in [5.41, 5.74) is -1.97. The van der Waals surface area contributed by atoms with E-state index >= 15 is 0 Å². The first-order valence-electron chi connectivity index (χ1n) is 13.2. The van der Waals surface area contributed by atoms with E-state index in [1.165, 1.54) is 18.2 Å². The molecule has 12 heteroatoms. The Morgan fingerprint density at radius 2 is 1.71 bits per heavy atom. The highest BCUT2D eigenvalue weighted by molar-refractivity contribution is 7.92. The molecule has 0 amide bonds. The standard InChI is InChI=1S/C30H28F5NO5S/c1-16-26(27(16)28(37)41-29(2,3)4)25-15-36(42(38,39)20-7-5-6-18(13-20)30(33,34)35)23-12-17(8-11-24(23)40-25)21-14-19(31)9-10-22(21)32/h5-14,16,25-27H,15H2,1-4H3. The molecule has 2 aliphatic rings. The fourth-order valence-electron chi connectivity index (χ4n) is 5.35. The van der Waals surface area contributed by atoms with Gasteiger partial charge in [-0.2, -0.15) is 13.2 Å². The molecule has 5 rings (SSSR count). The van der Waals surface area contributed by atoms with Crippen molar-refractivity contribution in [2.75, 3.05) is 10.8 Å². The van der Waals surface area contributed by atoms with E-state index in [0.717, 1.165) is 40.7 Å². The SMILES string of the molecule is CC1C(C(=O)OC(C)(C)C)C1C1CN(S(=O)(=O)c2cccc(C(F)(F)F)c2)c2cc(-c3cc(F)ccc3F)ccc2O1. The predicted molar refractivity (Wildman–Crippen MR) is 144 cm³/mol. The van der Waals surface area contributed by atoms with E-state index in [-0.39, 0.29) is 35.0 Å². The Morgan fingerprint density at radius 1 is 1.00 bits per heavy atom. The Bertz CT molecular complexity index is 1650. The summed E-state index contributed by atoms with van der Waals surface area (Å²) in [5.74, 6) is -3.11. The molecule has 1 aliphatic heterocycles. The molecule has 1 aliphatic carbocycles. The van der Waals surface area contributed by atoms with E-state index in [2.05, 4.69) is 0 Å². The molecule has 1 fully saturated rings. The number of sulfonamides is 1. The summed E-state index contributed by atoms with van der Waals surface area (Å²) < 4.78 is 109. The summed E-state index contributed by atoms with van der Waals surface area (Å²) in [5, 5.41) is 0. The Labute approximate surface area is 240 Å². The van der Waals surface area contributed by atoms with Gasteiger partial charge in [0, 0.05) is 11.5 Å². The highest BCUT2D eigenvalue weighted by Crippen LogP contribution is 2.53. The van der Waals surface area contributed by atoms with Crippen LogP contribution in [0.3, 0.4) is 0 Å². The first-order valence-corrected chi connectivity index (χ1v) is 14.6. The number of ether oxygens (including phenoxy) is 2. The van der Waals surface area contributed by atoms with Gasteiger partial charge in [0.25, 0.3) is 10.0 Å². The van der Waals surface area contributed by atoms with Gasteiger partial charge >= 0.3 is 12.1 Å². The lowest BCUT2D eigenvalue weighted by Gasteiger charge is -2.36. The average Bonchev–Trinajstić information content (AvgIpc) is 3.58. The van der Waals surface area contributed by atoms with E-state index < -0.39 is 67.8 Å². The van der Waals surface area contributed by atoms with E-state index in [9.17, 15) is 35.2 Å². The Kier molecular flexibility index (Phi) is 7.28. The minimum atomic E-state index is -4.79. The number of nitrogens with zero attached hydrogens (tertiary/aromatic N) is 1. The lowest BCUT2D eigenvalue weighted by atomic mass is 10.0. The van der Waals surface area contributed by atoms with E-state index in [0.29, 0.717) is 6.07 Å². The molecule has 3 aromatic carbocycles. The van der Waals surface area contributed by atoms with Crippen molar-refractivity contribution in [1.82, 2.24) is 0 Å². The third kappa shape index (κ3) is 5.68. The summed E-state index contributed by atoms with van der Waals surface area (Å²) in [6, 6.07) is 10.3. The lowest BCUT2D eigenvalue weighted by Crippen LogP contribution is -2.45. The molecule has 6 nitrogen and oxygen atoms in total. The summed E-state index contributed by atoms with van der Waals surface area (Å²) in [6.07, 6.45) is -5.63. The molecule has 4 unspecified atom stereocenters. The molecule has 0 N–H and O–H groups in total. The number of esters is 1. The maximum atomic E-state index is 14.6. The number of fused-ring (bicyclic) bond motifs is 1. The van der Waals surface area contributed by atoms with Crippen LogP contribution in [0.5, 0.6) is 5.75 Å². The minimum absolute atomic E-state index is 0.0596. The summed E-state index contributed by atoms with van der Waals surface area (Å²) >= 11 is 0. The van der Waals surface area contributed by atoms with Crippen molar-refractivity contribution in [1.29, 1.82) is 0 Å². The topological polar surface area (TPSA) is 72.9 Å². The zero-order valence-corrected chi connectivity index (χ0v) is 23.9. The smallest absolute Gasteiger partial charge is 0.416 e. The number of carbonyl (C=O) groups is 1. The lowest BCUT2D eigenvalue weighted by molar-refractivity contribution is -0.157. The van der Waals surface area contributed by atoms with Crippen LogP contribution in [0.15, 0.2) is 65.6 Å². The molecule has 42 heavy (non-hydrogen) atoms. The summed E-state index contributed by atoms with van der Waals surface area (Å²) in [4.78, 5) is 12.2. The van der Waals surface area contributed by atoms with Crippen LogP contribution >= 0.6 is 0 Å². The Morgan fingerprint density at radius 3 is 2.38 bits per heavy atom. The largest absolute Gasteiger partial charge is 0.486 e. The number of benzene rings is 3. The molecule has 1 saturated carbocycles. The van der Waals surface area contributed by atoms with Crippen molar-refractivity contribution in [3.63, 3.8) is 0 Å². The second kappa shape index (κ2) is 10.3. The van der Waals surface area contributed by atoms with Crippen LogP contribution in [0.4, 0.5) is 27.6 Å². The molecule has 0 saturated heterocycles. The zero-order chi connectivity index (χ0) is 30.8. The van der Waals surface area contributed by atoms with Gasteiger partial charge < -0.3 is 9.47 Å². The molecule has 3 aromatic rings. The fourth-order valence-corrected chi connectivity index (χ4v) is 6.88. The zero-order valence-electron chi connectivity index (χ0n) is 23.1. The van der Waals surface area contributed by atoms with E-state index in [4.69, 9.17) is 9.47 Å². The molecule has 4 atom stereocenters. The normalized spacial score (nSPS) is 22.3. The van der Waals surface area contributed by atoms with Crippen molar-refractivity contribution >= 4 is 21.7 Å². The Hall–Kier alpha value is -3.67. The molecular weight excluding hydrogens is 581 g/mol. The monoisotopic (exact) mass is 609 g/mol. The van der Waals surface area contributed by atoms with Gasteiger partial charge in [-0.15, -0.1) is 0 Å². The van der Waals surface area contributed by atoms with Crippen LogP contribution in [0, 0.1) is 29.4 Å². The fraction of sp³-hybridized carbons (Fsp3) is 0.367. The third-order valence-corrected chi connectivity index (χ3v) is 9.17. The van der Waals surface area contributed by atoms with Crippen LogP contribution in [0.2, 0.25) is 0 Å². The number of anilines is 1. The van der Waals surface area contributed by atoms with Crippen molar-refractivity contribution < 1.29 is 44.6 Å². The van der Waals surface area contributed by atoms with Crippen molar-refractivity contribution in [3.05, 3.63) is 77.9 Å². The van der Waals surface area contributed by atoms with Crippen LogP contribution in [-0.2, 0) is 25.7 Å².